The van der Waals surface area contributed by atoms with E-state index in [0.29, 0.717) is 12.6 Å². The fourth-order valence-electron chi connectivity index (χ4n) is 3.74. The van der Waals surface area contributed by atoms with E-state index in [1.54, 1.807) is 6.26 Å². The fourth-order valence-corrected chi connectivity index (χ4v) is 3.74. The topological polar surface area (TPSA) is 60.8 Å². The summed E-state index contributed by atoms with van der Waals surface area (Å²) < 4.78 is 5.59. The Balaban J connectivity index is 1.48. The first kappa shape index (κ1) is 17.3. The second kappa shape index (κ2) is 8.03. The summed E-state index contributed by atoms with van der Waals surface area (Å²) in [4.78, 5) is 17.1. The molecule has 2 atom stereocenters. The third-order valence-electron chi connectivity index (χ3n) is 5.19. The molecule has 24 heavy (non-hydrogen) atoms. The molecule has 134 valence electrons. The minimum absolute atomic E-state index is 0.0682. The number of carbonyl (C=O) groups excluding carboxylic acids is 1. The van der Waals surface area contributed by atoms with Crippen LogP contribution in [0.1, 0.15) is 44.9 Å². The van der Waals surface area contributed by atoms with Crippen LogP contribution < -0.4 is 10.6 Å². The lowest BCUT2D eigenvalue weighted by atomic mass is 10.2. The van der Waals surface area contributed by atoms with E-state index in [2.05, 4.69) is 34.3 Å². The van der Waals surface area contributed by atoms with Crippen molar-refractivity contribution in [2.75, 3.05) is 32.7 Å². The van der Waals surface area contributed by atoms with E-state index in [-0.39, 0.29) is 18.1 Å². The molecule has 0 saturated carbocycles. The summed E-state index contributed by atoms with van der Waals surface area (Å²) >= 11 is 0. The van der Waals surface area contributed by atoms with Crippen molar-refractivity contribution in [3.05, 3.63) is 24.2 Å². The molecule has 6 nitrogen and oxygen atoms in total. The molecule has 2 saturated heterocycles. The molecule has 1 aromatic rings. The highest BCUT2D eigenvalue weighted by Gasteiger charge is 2.28. The SMILES string of the molecule is CC(C)N1CCC(NC(=O)NCC(c2ccco2)N2CCCC2)C1. The van der Waals surface area contributed by atoms with Crippen molar-refractivity contribution >= 4 is 6.03 Å². The van der Waals surface area contributed by atoms with Crippen molar-refractivity contribution in [2.24, 2.45) is 0 Å². The van der Waals surface area contributed by atoms with Crippen LogP contribution in [0.5, 0.6) is 0 Å². The van der Waals surface area contributed by atoms with Gasteiger partial charge in [-0.05, 0) is 58.3 Å². The third kappa shape index (κ3) is 4.30. The molecule has 0 spiro atoms. The first-order valence-corrected chi connectivity index (χ1v) is 9.19. The predicted molar refractivity (Wildman–Crippen MR) is 93.9 cm³/mol. The minimum atomic E-state index is -0.0682. The molecular weight excluding hydrogens is 304 g/mol. The Kier molecular flexibility index (Phi) is 5.79. The number of furan rings is 1. The van der Waals surface area contributed by atoms with Crippen LogP contribution >= 0.6 is 0 Å². The van der Waals surface area contributed by atoms with Crippen LogP contribution in [0, 0.1) is 0 Å². The third-order valence-corrected chi connectivity index (χ3v) is 5.19. The van der Waals surface area contributed by atoms with Gasteiger partial charge in [0.05, 0.1) is 12.3 Å². The largest absolute Gasteiger partial charge is 0.468 e. The highest BCUT2D eigenvalue weighted by molar-refractivity contribution is 5.74. The second-order valence-corrected chi connectivity index (χ2v) is 7.20. The average Bonchev–Trinajstić information content (AvgIpc) is 3.30. The summed E-state index contributed by atoms with van der Waals surface area (Å²) in [5.74, 6) is 0.934. The molecule has 2 aliphatic rings. The van der Waals surface area contributed by atoms with E-state index in [9.17, 15) is 4.79 Å². The molecule has 3 heterocycles. The van der Waals surface area contributed by atoms with Gasteiger partial charge in [-0.1, -0.05) is 0 Å². The van der Waals surface area contributed by atoms with Gasteiger partial charge in [0.2, 0.25) is 0 Å². The number of carbonyl (C=O) groups is 1. The zero-order valence-corrected chi connectivity index (χ0v) is 14.8. The maximum Gasteiger partial charge on any atom is 0.315 e. The molecule has 0 bridgehead atoms. The van der Waals surface area contributed by atoms with Crippen LogP contribution in [0.3, 0.4) is 0 Å². The molecule has 2 N–H and O–H groups in total. The van der Waals surface area contributed by atoms with Crippen LogP contribution in [-0.4, -0.2) is 60.6 Å². The minimum Gasteiger partial charge on any atom is -0.468 e. The van der Waals surface area contributed by atoms with E-state index < -0.39 is 0 Å². The number of likely N-dealkylation sites (tertiary alicyclic amines) is 2. The van der Waals surface area contributed by atoms with E-state index in [1.807, 2.05) is 12.1 Å². The number of amides is 2. The van der Waals surface area contributed by atoms with Crippen LogP contribution in [0.4, 0.5) is 4.79 Å². The van der Waals surface area contributed by atoms with Crippen molar-refractivity contribution in [3.63, 3.8) is 0 Å². The highest BCUT2D eigenvalue weighted by atomic mass is 16.3. The van der Waals surface area contributed by atoms with Gasteiger partial charge in [0.15, 0.2) is 0 Å². The van der Waals surface area contributed by atoms with Gasteiger partial charge in [-0.25, -0.2) is 4.79 Å². The molecule has 2 unspecified atom stereocenters. The number of hydrogen-bond acceptors (Lipinski definition) is 4. The molecule has 2 amide bonds. The lowest BCUT2D eigenvalue weighted by Crippen LogP contribution is -2.46. The van der Waals surface area contributed by atoms with Gasteiger partial charge in [-0.15, -0.1) is 0 Å². The molecule has 0 radical (unpaired) electrons. The zero-order chi connectivity index (χ0) is 16.9. The Labute approximate surface area is 144 Å². The maximum absolute atomic E-state index is 12.3. The monoisotopic (exact) mass is 334 g/mol. The van der Waals surface area contributed by atoms with E-state index >= 15 is 0 Å². The van der Waals surface area contributed by atoms with Crippen molar-refractivity contribution in [1.82, 2.24) is 20.4 Å². The van der Waals surface area contributed by atoms with Crippen LogP contribution in [0.2, 0.25) is 0 Å². The molecule has 3 rings (SSSR count). The smallest absolute Gasteiger partial charge is 0.315 e. The fraction of sp³-hybridized carbons (Fsp3) is 0.722. The van der Waals surface area contributed by atoms with Gasteiger partial charge < -0.3 is 15.1 Å². The summed E-state index contributed by atoms with van der Waals surface area (Å²) in [5.41, 5.74) is 0. The molecule has 0 aliphatic carbocycles. The van der Waals surface area contributed by atoms with Crippen LogP contribution in [0.15, 0.2) is 22.8 Å². The van der Waals surface area contributed by atoms with E-state index in [0.717, 1.165) is 38.4 Å². The number of urea groups is 1. The van der Waals surface area contributed by atoms with Crippen molar-refractivity contribution in [3.8, 4) is 0 Å². The summed E-state index contributed by atoms with van der Waals surface area (Å²) in [6.45, 7) is 9.13. The van der Waals surface area contributed by atoms with Crippen LogP contribution in [-0.2, 0) is 0 Å². The van der Waals surface area contributed by atoms with Gasteiger partial charge in [0.1, 0.15) is 5.76 Å². The Morgan fingerprint density at radius 2 is 2.08 bits per heavy atom. The van der Waals surface area contributed by atoms with Gasteiger partial charge in [0, 0.05) is 31.7 Å². The first-order valence-electron chi connectivity index (χ1n) is 9.19. The zero-order valence-electron chi connectivity index (χ0n) is 14.8. The van der Waals surface area contributed by atoms with Crippen molar-refractivity contribution in [1.29, 1.82) is 0 Å². The number of nitrogens with one attached hydrogen (secondary N) is 2. The lowest BCUT2D eigenvalue weighted by Gasteiger charge is -2.26. The van der Waals surface area contributed by atoms with Gasteiger partial charge in [-0.2, -0.15) is 0 Å². The quantitative estimate of drug-likeness (QED) is 0.837. The van der Waals surface area contributed by atoms with Gasteiger partial charge in [0.25, 0.3) is 0 Å². The standard InChI is InChI=1S/C18H30N4O2/c1-14(2)22-10-7-15(13-22)20-18(23)19-12-16(17-6-5-11-24-17)21-8-3-4-9-21/h5-6,11,14-16H,3-4,7-10,12-13H2,1-2H3,(H2,19,20,23). The lowest BCUT2D eigenvalue weighted by molar-refractivity contribution is 0.201. The average molecular weight is 334 g/mol. The summed E-state index contributed by atoms with van der Waals surface area (Å²) in [6, 6.07) is 4.77. The van der Waals surface area contributed by atoms with Gasteiger partial charge >= 0.3 is 6.03 Å². The molecule has 1 aromatic heterocycles. The molecule has 2 fully saturated rings. The maximum atomic E-state index is 12.3. The van der Waals surface area contributed by atoms with Crippen LogP contribution in [0.25, 0.3) is 0 Å². The number of hydrogen-bond donors (Lipinski definition) is 2. The predicted octanol–water partition coefficient (Wildman–Crippen LogP) is 2.20. The molecule has 0 aromatic carbocycles. The molecule has 6 heteroatoms. The Bertz CT molecular complexity index is 511. The van der Waals surface area contributed by atoms with Gasteiger partial charge in [-0.3, -0.25) is 9.80 Å². The Morgan fingerprint density at radius 1 is 1.29 bits per heavy atom. The van der Waals surface area contributed by atoms with Crippen molar-refractivity contribution < 1.29 is 9.21 Å². The normalized spacial score (nSPS) is 23.7. The van der Waals surface area contributed by atoms with Crippen molar-refractivity contribution in [2.45, 2.75) is 51.2 Å². The van der Waals surface area contributed by atoms with E-state index in [1.165, 1.54) is 12.8 Å². The molecule has 2 aliphatic heterocycles. The summed E-state index contributed by atoms with van der Waals surface area (Å²) in [6.07, 6.45) is 5.17. The molecular formula is C18H30N4O2. The second-order valence-electron chi connectivity index (χ2n) is 7.20. The summed E-state index contributed by atoms with van der Waals surface area (Å²) in [5, 5.41) is 6.16. The summed E-state index contributed by atoms with van der Waals surface area (Å²) in [7, 11) is 0. The van der Waals surface area contributed by atoms with E-state index in [4.69, 9.17) is 4.42 Å². The first-order chi connectivity index (χ1) is 11.6. The Morgan fingerprint density at radius 3 is 2.71 bits per heavy atom. The highest BCUT2D eigenvalue weighted by Crippen LogP contribution is 2.24. The number of rotatable bonds is 6. The Hall–Kier alpha value is -1.53. The number of nitrogens with zero attached hydrogens (tertiary/aromatic N) is 2.